The third-order valence-electron chi connectivity index (χ3n) is 3.82. The van der Waals surface area contributed by atoms with Crippen molar-refractivity contribution in [3.63, 3.8) is 0 Å². The minimum Gasteiger partial charge on any atom is -0.496 e. The van der Waals surface area contributed by atoms with E-state index in [1.165, 1.54) is 6.33 Å². The van der Waals surface area contributed by atoms with Crippen LogP contribution in [0.4, 0.5) is 0 Å². The Morgan fingerprint density at radius 2 is 1.76 bits per heavy atom. The quantitative estimate of drug-likeness (QED) is 0.552. The summed E-state index contributed by atoms with van der Waals surface area (Å²) in [4.78, 5) is 12.9. The van der Waals surface area contributed by atoms with E-state index < -0.39 is 0 Å². The Labute approximate surface area is 144 Å². The lowest BCUT2D eigenvalue weighted by atomic mass is 10.1. The molecule has 25 heavy (non-hydrogen) atoms. The van der Waals surface area contributed by atoms with Gasteiger partial charge in [-0.1, -0.05) is 18.2 Å². The van der Waals surface area contributed by atoms with Gasteiger partial charge in [-0.15, -0.1) is 0 Å². The predicted octanol–water partition coefficient (Wildman–Crippen LogP) is 4.49. The summed E-state index contributed by atoms with van der Waals surface area (Å²) in [6.07, 6.45) is 3.24. The van der Waals surface area contributed by atoms with Crippen LogP contribution in [0.25, 0.3) is 22.2 Å². The standard InChI is InChI=1S/C20H15N3O2/c1-24-19-7-3-2-6-16(19)18-12-20(23-13-22-18)25-15-9-8-14-5-4-10-21-17(14)11-15/h2-13H,1H3. The molecule has 4 aromatic rings. The maximum atomic E-state index is 5.89. The van der Waals surface area contributed by atoms with Gasteiger partial charge in [-0.05, 0) is 30.3 Å². The molecule has 0 bridgehead atoms. The largest absolute Gasteiger partial charge is 0.496 e. The molecule has 0 N–H and O–H groups in total. The molecule has 0 aliphatic heterocycles. The highest BCUT2D eigenvalue weighted by Gasteiger charge is 2.09. The summed E-state index contributed by atoms with van der Waals surface area (Å²) in [6, 6.07) is 19.2. The Kier molecular flexibility index (Phi) is 3.96. The van der Waals surface area contributed by atoms with Crippen molar-refractivity contribution in [2.75, 3.05) is 7.11 Å². The van der Waals surface area contributed by atoms with E-state index in [4.69, 9.17) is 9.47 Å². The van der Waals surface area contributed by atoms with Crippen LogP contribution in [-0.4, -0.2) is 22.1 Å². The lowest BCUT2D eigenvalue weighted by Gasteiger charge is -2.09. The Hall–Kier alpha value is -3.47. The minimum absolute atomic E-state index is 0.464. The smallest absolute Gasteiger partial charge is 0.222 e. The molecule has 0 aliphatic rings. The van der Waals surface area contributed by atoms with E-state index in [0.717, 1.165) is 27.9 Å². The highest BCUT2D eigenvalue weighted by atomic mass is 16.5. The van der Waals surface area contributed by atoms with Crippen LogP contribution >= 0.6 is 0 Å². The van der Waals surface area contributed by atoms with Crippen molar-refractivity contribution in [2.45, 2.75) is 0 Å². The van der Waals surface area contributed by atoms with E-state index >= 15 is 0 Å². The topological polar surface area (TPSA) is 57.1 Å². The molecule has 0 aliphatic carbocycles. The number of rotatable bonds is 4. The van der Waals surface area contributed by atoms with Crippen molar-refractivity contribution in [1.82, 2.24) is 15.0 Å². The molecular weight excluding hydrogens is 314 g/mol. The van der Waals surface area contributed by atoms with Gasteiger partial charge in [0, 0.05) is 29.3 Å². The zero-order chi connectivity index (χ0) is 17.1. The van der Waals surface area contributed by atoms with Gasteiger partial charge in [-0.25, -0.2) is 9.97 Å². The highest BCUT2D eigenvalue weighted by molar-refractivity contribution is 5.79. The van der Waals surface area contributed by atoms with Crippen molar-refractivity contribution in [1.29, 1.82) is 0 Å². The summed E-state index contributed by atoms with van der Waals surface area (Å²) in [7, 11) is 1.64. The fourth-order valence-electron chi connectivity index (χ4n) is 2.63. The second kappa shape index (κ2) is 6.57. The fourth-order valence-corrected chi connectivity index (χ4v) is 2.63. The molecule has 2 aromatic carbocycles. The maximum absolute atomic E-state index is 5.89. The number of aromatic nitrogens is 3. The number of pyridine rings is 1. The van der Waals surface area contributed by atoms with Crippen LogP contribution in [0, 0.1) is 0 Å². The van der Waals surface area contributed by atoms with Gasteiger partial charge in [0.15, 0.2) is 0 Å². The Morgan fingerprint density at radius 3 is 2.68 bits per heavy atom. The first kappa shape index (κ1) is 15.1. The molecular formula is C20H15N3O2. The van der Waals surface area contributed by atoms with E-state index in [-0.39, 0.29) is 0 Å². The average Bonchev–Trinajstić information content (AvgIpc) is 2.68. The molecule has 2 heterocycles. The van der Waals surface area contributed by atoms with Gasteiger partial charge in [0.1, 0.15) is 17.8 Å². The van der Waals surface area contributed by atoms with Crippen LogP contribution in [0.5, 0.6) is 17.4 Å². The third kappa shape index (κ3) is 3.12. The first-order valence-electron chi connectivity index (χ1n) is 7.81. The van der Waals surface area contributed by atoms with Crippen molar-refractivity contribution in [3.8, 4) is 28.6 Å². The number of nitrogens with zero attached hydrogens (tertiary/aromatic N) is 3. The molecule has 5 heteroatoms. The second-order valence-electron chi connectivity index (χ2n) is 5.40. The number of methoxy groups -OCH3 is 1. The van der Waals surface area contributed by atoms with Crippen molar-refractivity contribution >= 4 is 10.9 Å². The number of ether oxygens (including phenoxy) is 2. The molecule has 0 atom stereocenters. The van der Waals surface area contributed by atoms with E-state index in [9.17, 15) is 0 Å². The number of hydrogen-bond donors (Lipinski definition) is 0. The van der Waals surface area contributed by atoms with Crippen LogP contribution in [-0.2, 0) is 0 Å². The van der Waals surface area contributed by atoms with Crippen LogP contribution in [0.1, 0.15) is 0 Å². The van der Waals surface area contributed by atoms with Crippen molar-refractivity contribution in [2.24, 2.45) is 0 Å². The van der Waals surface area contributed by atoms with Gasteiger partial charge in [-0.2, -0.15) is 0 Å². The van der Waals surface area contributed by atoms with Gasteiger partial charge in [0.05, 0.1) is 18.3 Å². The molecule has 0 unspecified atom stereocenters. The molecule has 122 valence electrons. The molecule has 2 aromatic heterocycles. The predicted molar refractivity (Wildman–Crippen MR) is 95.8 cm³/mol. The molecule has 0 saturated carbocycles. The van der Waals surface area contributed by atoms with E-state index in [2.05, 4.69) is 15.0 Å². The van der Waals surface area contributed by atoms with Gasteiger partial charge in [0.25, 0.3) is 0 Å². The zero-order valence-electron chi connectivity index (χ0n) is 13.6. The van der Waals surface area contributed by atoms with Gasteiger partial charge >= 0.3 is 0 Å². The Bertz CT molecular complexity index is 1030. The van der Waals surface area contributed by atoms with Crippen LogP contribution in [0.3, 0.4) is 0 Å². The first-order valence-corrected chi connectivity index (χ1v) is 7.81. The zero-order valence-corrected chi connectivity index (χ0v) is 13.6. The molecule has 0 amide bonds. The molecule has 0 fully saturated rings. The van der Waals surface area contributed by atoms with E-state index in [1.807, 2.05) is 54.6 Å². The SMILES string of the molecule is COc1ccccc1-c1cc(Oc2ccc3cccnc3c2)ncn1. The molecule has 0 saturated heterocycles. The summed E-state index contributed by atoms with van der Waals surface area (Å²) in [6.45, 7) is 0. The van der Waals surface area contributed by atoms with Gasteiger partial charge < -0.3 is 9.47 Å². The monoisotopic (exact) mass is 329 g/mol. The summed E-state index contributed by atoms with van der Waals surface area (Å²) in [5.74, 6) is 1.89. The Balaban J connectivity index is 1.67. The molecule has 5 nitrogen and oxygen atoms in total. The van der Waals surface area contributed by atoms with Crippen LogP contribution in [0.2, 0.25) is 0 Å². The van der Waals surface area contributed by atoms with Gasteiger partial charge in [-0.3, -0.25) is 4.98 Å². The van der Waals surface area contributed by atoms with Crippen LogP contribution in [0.15, 0.2) is 73.2 Å². The summed E-state index contributed by atoms with van der Waals surface area (Å²) < 4.78 is 11.3. The number of fused-ring (bicyclic) bond motifs is 1. The molecule has 0 spiro atoms. The summed E-state index contributed by atoms with van der Waals surface area (Å²) >= 11 is 0. The number of hydrogen-bond acceptors (Lipinski definition) is 5. The van der Waals surface area contributed by atoms with Crippen molar-refractivity contribution in [3.05, 3.63) is 73.2 Å². The normalized spacial score (nSPS) is 10.6. The minimum atomic E-state index is 0.464. The molecule has 4 rings (SSSR count). The first-order chi connectivity index (χ1) is 12.3. The lowest BCUT2D eigenvalue weighted by Crippen LogP contribution is -1.93. The summed E-state index contributed by atoms with van der Waals surface area (Å²) in [5.41, 5.74) is 2.50. The lowest BCUT2D eigenvalue weighted by molar-refractivity contribution is 0.416. The van der Waals surface area contributed by atoms with E-state index in [1.54, 1.807) is 19.4 Å². The average molecular weight is 329 g/mol. The van der Waals surface area contributed by atoms with E-state index in [0.29, 0.717) is 11.6 Å². The third-order valence-corrected chi connectivity index (χ3v) is 3.82. The van der Waals surface area contributed by atoms with Crippen molar-refractivity contribution < 1.29 is 9.47 Å². The number of benzene rings is 2. The second-order valence-corrected chi connectivity index (χ2v) is 5.40. The highest BCUT2D eigenvalue weighted by Crippen LogP contribution is 2.30. The Morgan fingerprint density at radius 1 is 0.840 bits per heavy atom. The number of para-hydroxylation sites is 1. The fraction of sp³-hybridized carbons (Fsp3) is 0.0500. The van der Waals surface area contributed by atoms with Crippen LogP contribution < -0.4 is 9.47 Å². The summed E-state index contributed by atoms with van der Waals surface area (Å²) in [5, 5.41) is 1.06. The maximum Gasteiger partial charge on any atom is 0.222 e. The molecule has 0 radical (unpaired) electrons. The van der Waals surface area contributed by atoms with Gasteiger partial charge in [0.2, 0.25) is 5.88 Å².